The number of rotatable bonds is 7. The van der Waals surface area contributed by atoms with Gasteiger partial charge in [-0.3, -0.25) is 19.3 Å². The van der Waals surface area contributed by atoms with Crippen molar-refractivity contribution in [2.75, 3.05) is 18.0 Å². The molecule has 11 heteroatoms. The summed E-state index contributed by atoms with van der Waals surface area (Å²) in [6.45, 7) is 0.430. The average Bonchev–Trinajstić information content (AvgIpc) is 2.95. The van der Waals surface area contributed by atoms with Crippen LogP contribution in [0.1, 0.15) is 18.9 Å². The van der Waals surface area contributed by atoms with Gasteiger partial charge < -0.3 is 16.0 Å². The fourth-order valence-corrected chi connectivity index (χ4v) is 3.30. The highest BCUT2D eigenvalue weighted by molar-refractivity contribution is 6.10. The number of halogens is 3. The Kier molecular flexibility index (Phi) is 6.19. The second-order valence-corrected chi connectivity index (χ2v) is 7.31. The van der Waals surface area contributed by atoms with Crippen molar-refractivity contribution in [1.29, 1.82) is 0 Å². The molecule has 0 bridgehead atoms. The normalized spacial score (nSPS) is 17.9. The lowest BCUT2D eigenvalue weighted by atomic mass is 9.92. The first kappa shape index (κ1) is 22.8. The lowest BCUT2D eigenvalue weighted by molar-refractivity contribution is -0.134. The molecular weight excluding hydrogens is 429 g/mol. The van der Waals surface area contributed by atoms with Gasteiger partial charge in [0.2, 0.25) is 11.8 Å². The monoisotopic (exact) mass is 448 g/mol. The number of hydrogen-bond donors (Lipinski definition) is 2. The molecule has 2 aromatic carbocycles. The number of hydrogen-bond acceptors (Lipinski definition) is 4. The van der Waals surface area contributed by atoms with Gasteiger partial charge in [-0.2, -0.15) is 0 Å². The molecule has 0 radical (unpaired) electrons. The minimum Gasteiger partial charge on any atom is -0.370 e. The molecule has 5 amide bonds. The number of benzene rings is 2. The van der Waals surface area contributed by atoms with Crippen LogP contribution in [-0.4, -0.2) is 41.7 Å². The molecule has 0 aliphatic carbocycles. The number of urea groups is 1. The Morgan fingerprint density at radius 1 is 1.06 bits per heavy atom. The maximum absolute atomic E-state index is 13.7. The number of primary amides is 1. The van der Waals surface area contributed by atoms with Gasteiger partial charge in [-0.1, -0.05) is 6.07 Å². The molecule has 32 heavy (non-hydrogen) atoms. The SMILES string of the molecule is CC1(c2ccc(F)c(F)c2)NC(=O)N(CC(=O)N(CCC(N)=O)c2ccc(F)cc2)C1=O. The summed E-state index contributed by atoms with van der Waals surface area (Å²) in [6.07, 6.45) is -0.212. The maximum Gasteiger partial charge on any atom is 0.325 e. The van der Waals surface area contributed by atoms with E-state index in [2.05, 4.69) is 5.32 Å². The molecule has 0 saturated carbocycles. The van der Waals surface area contributed by atoms with Crippen LogP contribution in [0.25, 0.3) is 0 Å². The van der Waals surface area contributed by atoms with Crippen molar-refractivity contribution in [1.82, 2.24) is 10.2 Å². The first-order valence-corrected chi connectivity index (χ1v) is 9.47. The molecule has 3 N–H and O–H groups in total. The van der Waals surface area contributed by atoms with Crippen molar-refractivity contribution in [2.24, 2.45) is 5.73 Å². The van der Waals surface area contributed by atoms with Crippen molar-refractivity contribution < 1.29 is 32.3 Å². The zero-order chi connectivity index (χ0) is 23.6. The Balaban J connectivity index is 1.84. The fraction of sp³-hybridized carbons (Fsp3) is 0.238. The summed E-state index contributed by atoms with van der Waals surface area (Å²) in [5.74, 6) is -5.15. The molecule has 1 saturated heterocycles. The van der Waals surface area contributed by atoms with E-state index >= 15 is 0 Å². The van der Waals surface area contributed by atoms with E-state index in [0.29, 0.717) is 4.90 Å². The number of anilines is 1. The van der Waals surface area contributed by atoms with Crippen LogP contribution in [0.3, 0.4) is 0 Å². The van der Waals surface area contributed by atoms with Crippen LogP contribution >= 0.6 is 0 Å². The fourth-order valence-electron chi connectivity index (χ4n) is 3.30. The summed E-state index contributed by atoms with van der Waals surface area (Å²) in [7, 11) is 0. The highest BCUT2D eigenvalue weighted by Crippen LogP contribution is 2.30. The summed E-state index contributed by atoms with van der Waals surface area (Å²) < 4.78 is 40.2. The number of imide groups is 1. The van der Waals surface area contributed by atoms with E-state index in [-0.39, 0.29) is 24.2 Å². The van der Waals surface area contributed by atoms with Crippen LogP contribution in [0.2, 0.25) is 0 Å². The second kappa shape index (κ2) is 8.69. The van der Waals surface area contributed by atoms with Gasteiger partial charge in [-0.15, -0.1) is 0 Å². The van der Waals surface area contributed by atoms with Crippen molar-refractivity contribution in [3.8, 4) is 0 Å². The molecule has 1 atom stereocenters. The van der Waals surface area contributed by atoms with E-state index in [1.54, 1.807) is 0 Å². The van der Waals surface area contributed by atoms with E-state index < -0.39 is 53.3 Å². The molecule has 8 nitrogen and oxygen atoms in total. The third-order valence-corrected chi connectivity index (χ3v) is 5.09. The van der Waals surface area contributed by atoms with Crippen LogP contribution in [0.4, 0.5) is 23.7 Å². The molecule has 168 valence electrons. The van der Waals surface area contributed by atoms with Gasteiger partial charge in [0.25, 0.3) is 5.91 Å². The predicted octanol–water partition coefficient (Wildman–Crippen LogP) is 1.78. The molecule has 1 unspecified atom stereocenters. The Labute approximate surface area is 180 Å². The lowest BCUT2D eigenvalue weighted by Gasteiger charge is -2.25. The van der Waals surface area contributed by atoms with Crippen molar-refractivity contribution >= 4 is 29.4 Å². The lowest BCUT2D eigenvalue weighted by Crippen LogP contribution is -2.45. The largest absolute Gasteiger partial charge is 0.370 e. The molecule has 1 aliphatic heterocycles. The van der Waals surface area contributed by atoms with E-state index in [9.17, 15) is 32.3 Å². The summed E-state index contributed by atoms with van der Waals surface area (Å²) in [6, 6.07) is 6.65. The number of carbonyl (C=O) groups is 4. The zero-order valence-corrected chi connectivity index (χ0v) is 16.9. The minimum absolute atomic E-state index is 0.00572. The number of nitrogens with one attached hydrogen (secondary N) is 1. The highest BCUT2D eigenvalue weighted by atomic mass is 19.2. The number of carbonyl (C=O) groups excluding carboxylic acids is 4. The zero-order valence-electron chi connectivity index (χ0n) is 16.9. The standard InChI is InChI=1S/C21H19F3N4O4/c1-21(12-2-7-15(23)16(24)10-12)19(31)28(20(32)26-21)11-18(30)27(9-8-17(25)29)14-5-3-13(22)4-6-14/h2-7,10H,8-9,11H2,1H3,(H2,25,29)(H,26,32). The predicted molar refractivity (Wildman–Crippen MR) is 107 cm³/mol. The molecule has 1 heterocycles. The smallest absolute Gasteiger partial charge is 0.325 e. The maximum atomic E-state index is 13.7. The van der Waals surface area contributed by atoms with Gasteiger partial charge in [0.15, 0.2) is 11.6 Å². The second-order valence-electron chi connectivity index (χ2n) is 7.31. The number of nitrogens with two attached hydrogens (primary N) is 1. The van der Waals surface area contributed by atoms with Crippen LogP contribution in [-0.2, 0) is 19.9 Å². The molecular formula is C21H19F3N4O4. The van der Waals surface area contributed by atoms with Crippen molar-refractivity contribution in [3.63, 3.8) is 0 Å². The van der Waals surface area contributed by atoms with Gasteiger partial charge in [-0.25, -0.2) is 18.0 Å². The molecule has 1 fully saturated rings. The minimum atomic E-state index is -1.72. The Bertz CT molecular complexity index is 1090. The van der Waals surface area contributed by atoms with Gasteiger partial charge >= 0.3 is 6.03 Å². The first-order valence-electron chi connectivity index (χ1n) is 9.47. The summed E-state index contributed by atoms with van der Waals surface area (Å²) in [5.41, 5.74) is 3.65. The van der Waals surface area contributed by atoms with Gasteiger partial charge in [0.05, 0.1) is 0 Å². The van der Waals surface area contributed by atoms with Crippen LogP contribution < -0.4 is 16.0 Å². The Morgan fingerprint density at radius 3 is 2.31 bits per heavy atom. The summed E-state index contributed by atoms with van der Waals surface area (Å²) in [5, 5.41) is 2.39. The van der Waals surface area contributed by atoms with Gasteiger partial charge in [0, 0.05) is 18.7 Å². The molecule has 2 aromatic rings. The highest BCUT2D eigenvalue weighted by Gasteiger charge is 2.50. The number of amides is 5. The topological polar surface area (TPSA) is 113 Å². The summed E-state index contributed by atoms with van der Waals surface area (Å²) >= 11 is 0. The van der Waals surface area contributed by atoms with Gasteiger partial charge in [0.1, 0.15) is 17.9 Å². The average molecular weight is 448 g/mol. The van der Waals surface area contributed by atoms with E-state index in [1.807, 2.05) is 0 Å². The molecule has 0 spiro atoms. The molecule has 0 aromatic heterocycles. The summed E-state index contributed by atoms with van der Waals surface area (Å²) in [4.78, 5) is 51.3. The van der Waals surface area contributed by atoms with Crippen LogP contribution in [0.15, 0.2) is 42.5 Å². The van der Waals surface area contributed by atoms with Gasteiger partial charge in [-0.05, 0) is 48.9 Å². The third-order valence-electron chi connectivity index (χ3n) is 5.09. The molecule has 1 aliphatic rings. The van der Waals surface area contributed by atoms with E-state index in [1.165, 1.54) is 19.1 Å². The van der Waals surface area contributed by atoms with Crippen LogP contribution in [0.5, 0.6) is 0 Å². The number of nitrogens with zero attached hydrogens (tertiary/aromatic N) is 2. The first-order chi connectivity index (χ1) is 15.0. The van der Waals surface area contributed by atoms with Crippen molar-refractivity contribution in [2.45, 2.75) is 18.9 Å². The Hall–Kier alpha value is -3.89. The third kappa shape index (κ3) is 4.41. The Morgan fingerprint density at radius 2 is 1.72 bits per heavy atom. The quantitative estimate of drug-likeness (QED) is 0.629. The van der Waals surface area contributed by atoms with E-state index in [0.717, 1.165) is 35.2 Å². The van der Waals surface area contributed by atoms with Crippen molar-refractivity contribution in [3.05, 3.63) is 65.5 Å². The molecule has 3 rings (SSSR count). The van der Waals surface area contributed by atoms with E-state index in [4.69, 9.17) is 5.73 Å². The van der Waals surface area contributed by atoms with Crippen LogP contribution in [0, 0.1) is 17.5 Å².